The summed E-state index contributed by atoms with van der Waals surface area (Å²) in [7, 11) is 1.55. The Morgan fingerprint density at radius 2 is 2.18 bits per heavy atom. The molecule has 0 saturated carbocycles. The van der Waals surface area contributed by atoms with Crippen molar-refractivity contribution in [2.24, 2.45) is 0 Å². The van der Waals surface area contributed by atoms with Crippen LogP contribution in [-0.4, -0.2) is 22.4 Å². The Labute approximate surface area is 126 Å². The standard InChI is InChI=1S/C16H14FN3O2/c1-22-14-4-2-3-11(7-14)16(21)18-8-13-10-20-9-12(17)5-6-15(20)19-13/h2-7,9-10H,8H2,1H3,(H,18,21). The van der Waals surface area contributed by atoms with E-state index >= 15 is 0 Å². The van der Waals surface area contributed by atoms with Crippen LogP contribution in [0.4, 0.5) is 4.39 Å². The maximum absolute atomic E-state index is 13.1. The van der Waals surface area contributed by atoms with Gasteiger partial charge in [0.05, 0.1) is 19.3 Å². The number of nitrogens with one attached hydrogen (secondary N) is 1. The smallest absolute Gasteiger partial charge is 0.251 e. The summed E-state index contributed by atoms with van der Waals surface area (Å²) in [5, 5.41) is 2.78. The number of rotatable bonds is 4. The summed E-state index contributed by atoms with van der Waals surface area (Å²) in [6.45, 7) is 0.263. The molecule has 2 aromatic heterocycles. The van der Waals surface area contributed by atoms with Gasteiger partial charge in [-0.3, -0.25) is 4.79 Å². The highest BCUT2D eigenvalue weighted by Crippen LogP contribution is 2.12. The Balaban J connectivity index is 1.71. The number of benzene rings is 1. The van der Waals surface area contributed by atoms with Gasteiger partial charge >= 0.3 is 0 Å². The van der Waals surface area contributed by atoms with Gasteiger partial charge in [0, 0.05) is 18.0 Å². The van der Waals surface area contributed by atoms with Gasteiger partial charge in [0.15, 0.2) is 0 Å². The molecule has 5 nitrogen and oxygen atoms in total. The van der Waals surface area contributed by atoms with E-state index in [2.05, 4.69) is 10.3 Å². The number of pyridine rings is 1. The van der Waals surface area contributed by atoms with Gasteiger partial charge in [-0.1, -0.05) is 6.07 Å². The average molecular weight is 299 g/mol. The van der Waals surface area contributed by atoms with Gasteiger partial charge in [-0.25, -0.2) is 9.37 Å². The number of halogens is 1. The molecule has 3 rings (SSSR count). The van der Waals surface area contributed by atoms with Gasteiger partial charge < -0.3 is 14.5 Å². The molecular weight excluding hydrogens is 285 g/mol. The first kappa shape index (κ1) is 14.1. The number of carbonyl (C=O) groups excluding carboxylic acids is 1. The summed E-state index contributed by atoms with van der Waals surface area (Å²) in [4.78, 5) is 16.4. The molecule has 1 amide bonds. The van der Waals surface area contributed by atoms with E-state index in [-0.39, 0.29) is 18.3 Å². The molecule has 2 heterocycles. The third-order valence-corrected chi connectivity index (χ3v) is 3.23. The van der Waals surface area contributed by atoms with E-state index in [4.69, 9.17) is 4.74 Å². The van der Waals surface area contributed by atoms with Crippen LogP contribution in [0.5, 0.6) is 5.75 Å². The van der Waals surface area contributed by atoms with E-state index in [0.29, 0.717) is 22.7 Å². The van der Waals surface area contributed by atoms with Crippen LogP contribution in [0.2, 0.25) is 0 Å². The molecule has 0 spiro atoms. The van der Waals surface area contributed by atoms with E-state index in [1.165, 1.54) is 12.3 Å². The lowest BCUT2D eigenvalue weighted by atomic mass is 10.2. The normalized spacial score (nSPS) is 10.6. The molecule has 0 fully saturated rings. The van der Waals surface area contributed by atoms with Crippen molar-refractivity contribution in [2.75, 3.05) is 7.11 Å². The molecule has 0 saturated heterocycles. The van der Waals surface area contributed by atoms with Crippen LogP contribution < -0.4 is 10.1 Å². The summed E-state index contributed by atoms with van der Waals surface area (Å²) in [6, 6.07) is 9.82. The van der Waals surface area contributed by atoms with Gasteiger partial charge in [-0.2, -0.15) is 0 Å². The Hall–Kier alpha value is -2.89. The Bertz CT molecular complexity index is 829. The van der Waals surface area contributed by atoms with Crippen LogP contribution in [-0.2, 0) is 6.54 Å². The fraction of sp³-hybridized carbons (Fsp3) is 0.125. The van der Waals surface area contributed by atoms with Crippen molar-refractivity contribution in [3.05, 3.63) is 65.9 Å². The molecular formula is C16H14FN3O2. The lowest BCUT2D eigenvalue weighted by Gasteiger charge is -2.05. The number of hydrogen-bond donors (Lipinski definition) is 1. The van der Waals surface area contributed by atoms with Crippen LogP contribution in [0, 0.1) is 5.82 Å². The molecule has 1 N–H and O–H groups in total. The van der Waals surface area contributed by atoms with E-state index in [0.717, 1.165) is 0 Å². The molecule has 112 valence electrons. The molecule has 0 aliphatic carbocycles. The fourth-order valence-electron chi connectivity index (χ4n) is 2.14. The van der Waals surface area contributed by atoms with Crippen LogP contribution in [0.25, 0.3) is 5.65 Å². The van der Waals surface area contributed by atoms with E-state index in [1.54, 1.807) is 48.0 Å². The van der Waals surface area contributed by atoms with E-state index in [9.17, 15) is 9.18 Å². The number of nitrogens with zero attached hydrogens (tertiary/aromatic N) is 2. The maximum Gasteiger partial charge on any atom is 0.251 e. The van der Waals surface area contributed by atoms with Crippen molar-refractivity contribution < 1.29 is 13.9 Å². The zero-order chi connectivity index (χ0) is 15.5. The van der Waals surface area contributed by atoms with Gasteiger partial charge in [-0.05, 0) is 30.3 Å². The first-order chi connectivity index (χ1) is 10.7. The number of carbonyl (C=O) groups is 1. The lowest BCUT2D eigenvalue weighted by Crippen LogP contribution is -2.22. The number of methoxy groups -OCH3 is 1. The molecule has 22 heavy (non-hydrogen) atoms. The molecule has 0 aliphatic heterocycles. The van der Waals surface area contributed by atoms with Crippen molar-refractivity contribution in [1.29, 1.82) is 0 Å². The quantitative estimate of drug-likeness (QED) is 0.805. The first-order valence-electron chi connectivity index (χ1n) is 6.71. The zero-order valence-corrected chi connectivity index (χ0v) is 11.9. The van der Waals surface area contributed by atoms with Gasteiger partial charge in [0.1, 0.15) is 17.2 Å². The number of fused-ring (bicyclic) bond motifs is 1. The molecule has 0 aliphatic rings. The predicted octanol–water partition coefficient (Wildman–Crippen LogP) is 2.41. The third-order valence-electron chi connectivity index (χ3n) is 3.23. The van der Waals surface area contributed by atoms with Gasteiger partial charge in [0.25, 0.3) is 5.91 Å². The van der Waals surface area contributed by atoms with Crippen LogP contribution >= 0.6 is 0 Å². The number of hydrogen-bond acceptors (Lipinski definition) is 3. The highest BCUT2D eigenvalue weighted by molar-refractivity contribution is 5.94. The van der Waals surface area contributed by atoms with Gasteiger partial charge in [-0.15, -0.1) is 0 Å². The highest BCUT2D eigenvalue weighted by Gasteiger charge is 2.08. The first-order valence-corrected chi connectivity index (χ1v) is 6.71. The Kier molecular flexibility index (Phi) is 3.74. The lowest BCUT2D eigenvalue weighted by molar-refractivity contribution is 0.0950. The molecule has 0 unspecified atom stereocenters. The van der Waals surface area contributed by atoms with Crippen LogP contribution in [0.1, 0.15) is 16.1 Å². The molecule has 0 atom stereocenters. The second kappa shape index (κ2) is 5.85. The van der Waals surface area contributed by atoms with Gasteiger partial charge in [0.2, 0.25) is 0 Å². The van der Waals surface area contributed by atoms with Crippen molar-refractivity contribution in [2.45, 2.75) is 6.54 Å². The second-order valence-electron chi connectivity index (χ2n) is 4.76. The number of ether oxygens (including phenoxy) is 1. The van der Waals surface area contributed by atoms with Crippen molar-refractivity contribution in [3.63, 3.8) is 0 Å². The molecule has 0 bridgehead atoms. The zero-order valence-electron chi connectivity index (χ0n) is 11.9. The minimum absolute atomic E-state index is 0.220. The Morgan fingerprint density at radius 3 is 3.00 bits per heavy atom. The summed E-state index contributed by atoms with van der Waals surface area (Å²) < 4.78 is 19.8. The second-order valence-corrected chi connectivity index (χ2v) is 4.76. The largest absolute Gasteiger partial charge is 0.497 e. The SMILES string of the molecule is COc1cccc(C(=O)NCc2cn3cc(F)ccc3n2)c1. The Morgan fingerprint density at radius 1 is 1.32 bits per heavy atom. The summed E-state index contributed by atoms with van der Waals surface area (Å²) >= 11 is 0. The summed E-state index contributed by atoms with van der Waals surface area (Å²) in [5.74, 6) is 0.0647. The highest BCUT2D eigenvalue weighted by atomic mass is 19.1. The van der Waals surface area contributed by atoms with E-state index < -0.39 is 0 Å². The monoisotopic (exact) mass is 299 g/mol. The minimum atomic E-state index is -0.336. The number of imidazole rings is 1. The molecule has 1 aromatic carbocycles. The van der Waals surface area contributed by atoms with Crippen LogP contribution in [0.15, 0.2) is 48.8 Å². The van der Waals surface area contributed by atoms with Crippen molar-refractivity contribution in [3.8, 4) is 5.75 Å². The molecule has 0 radical (unpaired) electrons. The minimum Gasteiger partial charge on any atom is -0.497 e. The summed E-state index contributed by atoms with van der Waals surface area (Å²) in [6.07, 6.45) is 3.03. The predicted molar refractivity (Wildman–Crippen MR) is 79.3 cm³/mol. The number of aromatic nitrogens is 2. The molecule has 3 aromatic rings. The van der Waals surface area contributed by atoms with Crippen molar-refractivity contribution >= 4 is 11.6 Å². The molecule has 6 heteroatoms. The van der Waals surface area contributed by atoms with Crippen LogP contribution in [0.3, 0.4) is 0 Å². The van der Waals surface area contributed by atoms with Crippen molar-refractivity contribution in [1.82, 2.24) is 14.7 Å². The maximum atomic E-state index is 13.1. The van der Waals surface area contributed by atoms with E-state index in [1.807, 2.05) is 0 Å². The number of amides is 1. The average Bonchev–Trinajstić information content (AvgIpc) is 2.94. The third kappa shape index (κ3) is 2.90. The fourth-order valence-corrected chi connectivity index (χ4v) is 2.14. The summed E-state index contributed by atoms with van der Waals surface area (Å²) in [5.41, 5.74) is 1.79. The topological polar surface area (TPSA) is 55.6 Å².